The normalized spacial score (nSPS) is 12.4. The smallest absolute Gasteiger partial charge is 0.142 e. The largest absolute Gasteiger partial charge is 0.309 e. The number of pyridine rings is 1. The summed E-state index contributed by atoms with van der Waals surface area (Å²) >= 11 is 9.39. The molecule has 5 heteroatoms. The van der Waals surface area contributed by atoms with E-state index in [9.17, 15) is 4.39 Å². The lowest BCUT2D eigenvalue weighted by molar-refractivity contribution is 0.534. The van der Waals surface area contributed by atoms with Crippen molar-refractivity contribution in [1.29, 1.82) is 0 Å². The summed E-state index contributed by atoms with van der Waals surface area (Å²) in [7, 11) is 0. The van der Waals surface area contributed by atoms with Crippen LogP contribution in [0.4, 0.5) is 4.39 Å². The van der Waals surface area contributed by atoms with E-state index in [1.165, 1.54) is 6.07 Å². The van der Waals surface area contributed by atoms with Gasteiger partial charge >= 0.3 is 0 Å². The zero-order chi connectivity index (χ0) is 14.5. The molecular formula is C15H15BrClFN2. The van der Waals surface area contributed by atoms with Crippen LogP contribution in [-0.2, 0) is 6.42 Å². The fourth-order valence-electron chi connectivity index (χ4n) is 2.05. The first kappa shape index (κ1) is 15.4. The highest BCUT2D eigenvalue weighted by Crippen LogP contribution is 2.25. The molecule has 0 amide bonds. The molecule has 20 heavy (non-hydrogen) atoms. The van der Waals surface area contributed by atoms with E-state index < -0.39 is 0 Å². The Morgan fingerprint density at radius 1 is 1.35 bits per heavy atom. The topological polar surface area (TPSA) is 24.9 Å². The number of aromatic nitrogens is 1. The zero-order valence-electron chi connectivity index (χ0n) is 11.0. The van der Waals surface area contributed by atoms with Crippen molar-refractivity contribution in [1.82, 2.24) is 10.3 Å². The van der Waals surface area contributed by atoms with Crippen LogP contribution < -0.4 is 5.32 Å². The summed E-state index contributed by atoms with van der Waals surface area (Å²) in [6, 6.07) is 8.78. The van der Waals surface area contributed by atoms with Gasteiger partial charge in [0.1, 0.15) is 5.82 Å². The number of rotatable bonds is 5. The second kappa shape index (κ2) is 7.16. The maximum absolute atomic E-state index is 13.5. The summed E-state index contributed by atoms with van der Waals surface area (Å²) in [5, 5.41) is 3.54. The highest BCUT2D eigenvalue weighted by atomic mass is 79.9. The molecule has 0 saturated heterocycles. The maximum atomic E-state index is 13.5. The molecule has 2 nitrogen and oxygen atoms in total. The second-order valence-corrected chi connectivity index (χ2v) is 5.72. The molecule has 1 aromatic carbocycles. The summed E-state index contributed by atoms with van der Waals surface area (Å²) in [4.78, 5) is 4.40. The quantitative estimate of drug-likeness (QED) is 0.850. The van der Waals surface area contributed by atoms with Gasteiger partial charge < -0.3 is 5.32 Å². The first-order valence-corrected chi connectivity index (χ1v) is 7.56. The van der Waals surface area contributed by atoms with E-state index in [1.54, 1.807) is 12.3 Å². The predicted octanol–water partition coefficient (Wildman–Crippen LogP) is 4.53. The van der Waals surface area contributed by atoms with Crippen molar-refractivity contribution in [2.75, 3.05) is 6.54 Å². The van der Waals surface area contributed by atoms with Crippen LogP contribution in [-0.4, -0.2) is 11.5 Å². The first-order valence-electron chi connectivity index (χ1n) is 6.39. The molecule has 1 heterocycles. The summed E-state index contributed by atoms with van der Waals surface area (Å²) in [5.74, 6) is -0.386. The third-order valence-electron chi connectivity index (χ3n) is 3.01. The van der Waals surface area contributed by atoms with Crippen LogP contribution in [0.25, 0.3) is 0 Å². The van der Waals surface area contributed by atoms with E-state index in [2.05, 4.69) is 26.2 Å². The molecule has 1 atom stereocenters. The van der Waals surface area contributed by atoms with Crippen molar-refractivity contribution in [2.24, 2.45) is 0 Å². The van der Waals surface area contributed by atoms with Crippen molar-refractivity contribution < 1.29 is 4.39 Å². The fraction of sp³-hybridized carbons (Fsp3) is 0.267. The second-order valence-electron chi connectivity index (χ2n) is 4.43. The van der Waals surface area contributed by atoms with Crippen molar-refractivity contribution >= 4 is 27.5 Å². The lowest BCUT2D eigenvalue weighted by atomic mass is 10.0. The van der Waals surface area contributed by atoms with Gasteiger partial charge in [-0.05, 0) is 52.7 Å². The molecular weight excluding hydrogens is 343 g/mol. The first-order chi connectivity index (χ1) is 9.61. The minimum atomic E-state index is -0.386. The number of likely N-dealkylation sites (N-methyl/N-ethyl adjacent to an activating group) is 1. The van der Waals surface area contributed by atoms with Crippen LogP contribution >= 0.6 is 27.5 Å². The molecule has 0 saturated carbocycles. The summed E-state index contributed by atoms with van der Waals surface area (Å²) in [6.45, 7) is 2.83. The number of halogens is 3. The van der Waals surface area contributed by atoms with Crippen LogP contribution in [0.3, 0.4) is 0 Å². The molecule has 1 aromatic heterocycles. The average Bonchev–Trinajstić information content (AvgIpc) is 2.44. The Labute approximate surface area is 131 Å². The third-order valence-corrected chi connectivity index (χ3v) is 3.91. The SMILES string of the molecule is CCNC(Cc1cccc(F)c1Cl)c1ccc(Br)cn1. The minimum Gasteiger partial charge on any atom is -0.309 e. The highest BCUT2D eigenvalue weighted by Gasteiger charge is 2.15. The van der Waals surface area contributed by atoms with Gasteiger partial charge in [0, 0.05) is 10.7 Å². The molecule has 0 aliphatic carbocycles. The Morgan fingerprint density at radius 3 is 2.80 bits per heavy atom. The molecule has 106 valence electrons. The molecule has 2 rings (SSSR count). The van der Waals surface area contributed by atoms with E-state index in [-0.39, 0.29) is 16.9 Å². The lowest BCUT2D eigenvalue weighted by Gasteiger charge is -2.18. The third kappa shape index (κ3) is 3.78. The standard InChI is InChI=1S/C15H15BrClFN2/c1-2-19-14(13-7-6-11(16)9-20-13)8-10-4-3-5-12(18)15(10)17/h3-7,9,14,19H,2,8H2,1H3. The van der Waals surface area contributed by atoms with Crippen molar-refractivity contribution in [2.45, 2.75) is 19.4 Å². The summed E-state index contributed by atoms with van der Waals surface area (Å²) in [6.07, 6.45) is 2.35. The predicted molar refractivity (Wildman–Crippen MR) is 83.5 cm³/mol. The van der Waals surface area contributed by atoms with Gasteiger partial charge in [-0.3, -0.25) is 4.98 Å². The Hall–Kier alpha value is -0.970. The van der Waals surface area contributed by atoms with Gasteiger partial charge in [-0.2, -0.15) is 0 Å². The molecule has 0 radical (unpaired) electrons. The van der Waals surface area contributed by atoms with Crippen LogP contribution in [0.15, 0.2) is 41.0 Å². The van der Waals surface area contributed by atoms with E-state index in [0.29, 0.717) is 6.42 Å². The number of hydrogen-bond donors (Lipinski definition) is 1. The maximum Gasteiger partial charge on any atom is 0.142 e. The van der Waals surface area contributed by atoms with Gasteiger partial charge in [-0.1, -0.05) is 30.7 Å². The van der Waals surface area contributed by atoms with E-state index in [0.717, 1.165) is 22.3 Å². The monoisotopic (exact) mass is 356 g/mol. The number of nitrogens with one attached hydrogen (secondary N) is 1. The fourth-order valence-corrected chi connectivity index (χ4v) is 2.48. The van der Waals surface area contributed by atoms with Gasteiger partial charge in [0.05, 0.1) is 16.8 Å². The summed E-state index contributed by atoms with van der Waals surface area (Å²) < 4.78 is 14.4. The Kier molecular flexibility index (Phi) is 5.52. The molecule has 0 aliphatic rings. The molecule has 0 aliphatic heterocycles. The van der Waals surface area contributed by atoms with E-state index in [1.807, 2.05) is 25.1 Å². The van der Waals surface area contributed by atoms with Gasteiger partial charge in [0.2, 0.25) is 0 Å². The van der Waals surface area contributed by atoms with Crippen LogP contribution in [0.1, 0.15) is 24.2 Å². The Morgan fingerprint density at radius 2 is 2.15 bits per heavy atom. The minimum absolute atomic E-state index is 0.00685. The van der Waals surface area contributed by atoms with Crippen LogP contribution in [0.5, 0.6) is 0 Å². The molecule has 0 bridgehead atoms. The Balaban J connectivity index is 2.25. The zero-order valence-corrected chi connectivity index (χ0v) is 13.4. The van der Waals surface area contributed by atoms with Crippen molar-refractivity contribution in [3.05, 3.63) is 63.1 Å². The van der Waals surface area contributed by atoms with Gasteiger partial charge in [0.15, 0.2) is 0 Å². The molecule has 1 N–H and O–H groups in total. The number of benzene rings is 1. The van der Waals surface area contributed by atoms with Crippen molar-refractivity contribution in [3.63, 3.8) is 0 Å². The van der Waals surface area contributed by atoms with Gasteiger partial charge in [-0.15, -0.1) is 0 Å². The van der Waals surface area contributed by atoms with E-state index >= 15 is 0 Å². The molecule has 2 aromatic rings. The van der Waals surface area contributed by atoms with Crippen LogP contribution in [0.2, 0.25) is 5.02 Å². The number of nitrogens with zero attached hydrogens (tertiary/aromatic N) is 1. The van der Waals surface area contributed by atoms with Gasteiger partial charge in [0.25, 0.3) is 0 Å². The lowest BCUT2D eigenvalue weighted by Crippen LogP contribution is -2.24. The Bertz CT molecular complexity index is 575. The molecule has 0 fully saturated rings. The molecule has 0 spiro atoms. The molecule has 1 unspecified atom stereocenters. The van der Waals surface area contributed by atoms with Crippen molar-refractivity contribution in [3.8, 4) is 0 Å². The summed E-state index contributed by atoms with van der Waals surface area (Å²) in [5.41, 5.74) is 1.69. The van der Waals surface area contributed by atoms with E-state index in [4.69, 9.17) is 11.6 Å². The van der Waals surface area contributed by atoms with Crippen LogP contribution in [0, 0.1) is 5.82 Å². The number of hydrogen-bond acceptors (Lipinski definition) is 2. The average molecular weight is 358 g/mol. The highest BCUT2D eigenvalue weighted by molar-refractivity contribution is 9.10. The van der Waals surface area contributed by atoms with Gasteiger partial charge in [-0.25, -0.2) is 4.39 Å².